The molecule has 0 spiro atoms. The first kappa shape index (κ1) is 9.21. The van der Waals surface area contributed by atoms with E-state index in [1.54, 1.807) is 6.20 Å². The molecule has 4 heteroatoms. The van der Waals surface area contributed by atoms with E-state index in [2.05, 4.69) is 4.98 Å². The Morgan fingerprint density at radius 1 is 1.33 bits per heavy atom. The van der Waals surface area contributed by atoms with E-state index < -0.39 is 11.5 Å². The predicted molar refractivity (Wildman–Crippen MR) is 49.6 cm³/mol. The smallest absolute Gasteiger partial charge is 0.250 e. The highest BCUT2D eigenvalue weighted by molar-refractivity contribution is 5.24. The van der Waals surface area contributed by atoms with Crippen molar-refractivity contribution in [1.29, 1.82) is 0 Å². The summed E-state index contributed by atoms with van der Waals surface area (Å²) in [4.78, 5) is 4.19. The summed E-state index contributed by atoms with van der Waals surface area (Å²) in [6.45, 7) is 0. The number of rotatable bonds is 1. The summed E-state index contributed by atoms with van der Waals surface area (Å²) < 4.78 is 31.6. The number of halogens is 2. The Balaban J connectivity index is 1.86. The Morgan fingerprint density at radius 3 is 2.87 bits per heavy atom. The number of ether oxygens (including phenoxy) is 1. The molecule has 1 saturated heterocycles. The van der Waals surface area contributed by atoms with Gasteiger partial charge in [0.25, 0.3) is 5.92 Å². The number of hydrogen-bond donors (Lipinski definition) is 0. The van der Waals surface area contributed by atoms with Gasteiger partial charge in [0, 0.05) is 19.0 Å². The van der Waals surface area contributed by atoms with Gasteiger partial charge in [-0.2, -0.15) is 0 Å². The summed E-state index contributed by atoms with van der Waals surface area (Å²) >= 11 is 0. The molecule has 2 atom stereocenters. The van der Waals surface area contributed by atoms with Gasteiger partial charge < -0.3 is 4.74 Å². The molecule has 0 amide bonds. The van der Waals surface area contributed by atoms with Gasteiger partial charge in [-0.25, -0.2) is 8.78 Å². The lowest BCUT2D eigenvalue weighted by molar-refractivity contribution is -0.0330. The number of alkyl halides is 2. The van der Waals surface area contributed by atoms with Gasteiger partial charge in [0.15, 0.2) is 0 Å². The highest BCUT2D eigenvalue weighted by Gasteiger charge is 2.65. The van der Waals surface area contributed by atoms with Crippen LogP contribution in [0.4, 0.5) is 8.78 Å². The second-order valence-corrected chi connectivity index (χ2v) is 4.27. The van der Waals surface area contributed by atoms with Crippen LogP contribution in [0.15, 0.2) is 24.4 Å². The zero-order valence-electron chi connectivity index (χ0n) is 8.12. The topological polar surface area (TPSA) is 25.4 Å². The van der Waals surface area contributed by atoms with Crippen molar-refractivity contribution in [2.75, 3.05) is 0 Å². The summed E-state index contributed by atoms with van der Waals surface area (Å²) in [7, 11) is 0. The number of hydrogen-bond acceptors (Lipinski definition) is 2. The van der Waals surface area contributed by atoms with Crippen molar-refractivity contribution >= 4 is 0 Å². The fraction of sp³-hybridized carbons (Fsp3) is 0.545. The largest absolute Gasteiger partial charge is 0.359 e. The van der Waals surface area contributed by atoms with E-state index in [1.165, 1.54) is 0 Å². The first-order valence-corrected chi connectivity index (χ1v) is 5.10. The van der Waals surface area contributed by atoms with Crippen molar-refractivity contribution in [3.8, 4) is 0 Å². The number of nitrogens with zero attached hydrogens (tertiary/aromatic N) is 1. The third-order valence-corrected chi connectivity index (χ3v) is 3.26. The predicted octanol–water partition coefficient (Wildman–Crippen LogP) is 2.49. The molecular formula is C11H11F2NO. The SMILES string of the molecule is FC1(F)CC[C@@]2(c3ccccn3)O[C@@H]2C1. The van der Waals surface area contributed by atoms with Crippen LogP contribution in [0.2, 0.25) is 0 Å². The second kappa shape index (κ2) is 2.76. The van der Waals surface area contributed by atoms with Crippen molar-refractivity contribution < 1.29 is 13.5 Å². The number of aromatic nitrogens is 1. The molecule has 1 saturated carbocycles. The van der Waals surface area contributed by atoms with E-state index in [-0.39, 0.29) is 18.9 Å². The molecule has 1 aliphatic carbocycles. The molecule has 1 aliphatic heterocycles. The fourth-order valence-corrected chi connectivity index (χ4v) is 2.35. The maximum atomic E-state index is 13.1. The van der Waals surface area contributed by atoms with Crippen LogP contribution in [0.1, 0.15) is 25.0 Å². The molecule has 3 rings (SSSR count). The minimum absolute atomic E-state index is 0.0971. The third kappa shape index (κ3) is 1.35. The molecular weight excluding hydrogens is 200 g/mol. The van der Waals surface area contributed by atoms with Gasteiger partial charge in [0.1, 0.15) is 5.60 Å². The molecule has 2 nitrogen and oxygen atoms in total. The molecule has 80 valence electrons. The summed E-state index contributed by atoms with van der Waals surface area (Å²) in [5.74, 6) is -2.56. The van der Waals surface area contributed by atoms with E-state index in [1.807, 2.05) is 18.2 Å². The Bertz CT molecular complexity index is 381. The maximum Gasteiger partial charge on any atom is 0.250 e. The highest BCUT2D eigenvalue weighted by atomic mass is 19.3. The van der Waals surface area contributed by atoms with Crippen LogP contribution < -0.4 is 0 Å². The van der Waals surface area contributed by atoms with Crippen molar-refractivity contribution in [2.45, 2.75) is 36.9 Å². The lowest BCUT2D eigenvalue weighted by atomic mass is 9.84. The Labute approximate surface area is 86.3 Å². The molecule has 0 unspecified atom stereocenters. The van der Waals surface area contributed by atoms with E-state index in [9.17, 15) is 8.78 Å². The molecule has 0 radical (unpaired) electrons. The van der Waals surface area contributed by atoms with Gasteiger partial charge in [0.2, 0.25) is 0 Å². The quantitative estimate of drug-likeness (QED) is 0.667. The van der Waals surface area contributed by atoms with Crippen molar-refractivity contribution in [1.82, 2.24) is 4.98 Å². The van der Waals surface area contributed by atoms with Gasteiger partial charge in [-0.15, -0.1) is 0 Å². The molecule has 1 aromatic heterocycles. The van der Waals surface area contributed by atoms with E-state index in [0.29, 0.717) is 6.42 Å². The van der Waals surface area contributed by atoms with E-state index in [4.69, 9.17) is 4.74 Å². The molecule has 15 heavy (non-hydrogen) atoms. The van der Waals surface area contributed by atoms with Crippen LogP contribution in [0.3, 0.4) is 0 Å². The lowest BCUT2D eigenvalue weighted by Gasteiger charge is -2.23. The number of fused-ring (bicyclic) bond motifs is 1. The Hall–Kier alpha value is -1.03. The zero-order chi connectivity index (χ0) is 10.5. The average Bonchev–Trinajstić information content (AvgIpc) is 2.92. The van der Waals surface area contributed by atoms with Crippen molar-refractivity contribution in [3.05, 3.63) is 30.1 Å². The first-order chi connectivity index (χ1) is 7.12. The minimum Gasteiger partial charge on any atom is -0.359 e. The molecule has 0 aromatic carbocycles. The normalized spacial score (nSPS) is 37.1. The summed E-state index contributed by atoms with van der Waals surface area (Å²) in [6, 6.07) is 5.53. The second-order valence-electron chi connectivity index (χ2n) is 4.27. The molecule has 2 heterocycles. The van der Waals surface area contributed by atoms with Gasteiger partial charge in [-0.3, -0.25) is 4.98 Å². The van der Waals surface area contributed by atoms with Crippen LogP contribution in [0.25, 0.3) is 0 Å². The molecule has 1 aromatic rings. The lowest BCUT2D eigenvalue weighted by Crippen LogP contribution is -2.30. The standard InChI is InChI=1S/C11H11F2NO/c12-10(13)4-5-11(9(7-10)15-11)8-3-1-2-6-14-8/h1-3,6,9H,4-5,7H2/t9-,11+/m1/s1. The highest BCUT2D eigenvalue weighted by Crippen LogP contribution is 2.58. The van der Waals surface area contributed by atoms with Crippen LogP contribution in [-0.4, -0.2) is 17.0 Å². The number of epoxide rings is 1. The molecule has 0 bridgehead atoms. The van der Waals surface area contributed by atoms with Gasteiger partial charge >= 0.3 is 0 Å². The van der Waals surface area contributed by atoms with Crippen LogP contribution in [-0.2, 0) is 10.3 Å². The average molecular weight is 211 g/mol. The van der Waals surface area contributed by atoms with Gasteiger partial charge in [-0.1, -0.05) is 6.07 Å². The molecule has 2 aliphatic rings. The van der Waals surface area contributed by atoms with Crippen molar-refractivity contribution in [3.63, 3.8) is 0 Å². The fourth-order valence-electron chi connectivity index (χ4n) is 2.35. The molecule has 2 fully saturated rings. The van der Waals surface area contributed by atoms with Crippen molar-refractivity contribution in [2.24, 2.45) is 0 Å². The third-order valence-electron chi connectivity index (χ3n) is 3.26. The monoisotopic (exact) mass is 211 g/mol. The Kier molecular flexibility index (Phi) is 1.69. The Morgan fingerprint density at radius 2 is 2.20 bits per heavy atom. The van der Waals surface area contributed by atoms with Crippen LogP contribution in [0, 0.1) is 0 Å². The van der Waals surface area contributed by atoms with Gasteiger partial charge in [-0.05, 0) is 18.6 Å². The summed E-state index contributed by atoms with van der Waals surface area (Å²) in [5.41, 5.74) is 0.300. The van der Waals surface area contributed by atoms with E-state index in [0.717, 1.165) is 5.69 Å². The summed E-state index contributed by atoms with van der Waals surface area (Å²) in [6.07, 6.45) is 1.46. The van der Waals surface area contributed by atoms with Gasteiger partial charge in [0.05, 0.1) is 11.8 Å². The minimum atomic E-state index is -2.56. The zero-order valence-corrected chi connectivity index (χ0v) is 8.12. The number of pyridine rings is 1. The van der Waals surface area contributed by atoms with Crippen LogP contribution >= 0.6 is 0 Å². The first-order valence-electron chi connectivity index (χ1n) is 5.10. The van der Waals surface area contributed by atoms with Crippen LogP contribution in [0.5, 0.6) is 0 Å². The summed E-state index contributed by atoms with van der Waals surface area (Å²) in [5, 5.41) is 0. The van der Waals surface area contributed by atoms with E-state index >= 15 is 0 Å². The maximum absolute atomic E-state index is 13.1. The molecule has 0 N–H and O–H groups in total.